The number of carbonyl (C=O) groups excluding carboxylic acids is 3. The minimum Gasteiger partial charge on any atom is -0.461 e. The van der Waals surface area contributed by atoms with E-state index < -0.39 is 42.6 Å². The van der Waals surface area contributed by atoms with E-state index in [0.29, 0.717) is 29.5 Å². The van der Waals surface area contributed by atoms with Crippen LogP contribution in [-0.2, 0) is 38.9 Å². The van der Waals surface area contributed by atoms with E-state index in [4.69, 9.17) is 22.8 Å². The molecule has 2 unspecified atom stereocenters. The first kappa shape index (κ1) is 64.9. The number of hydrogen-bond donors (Lipinski definition) is 2. The molecule has 11 nitrogen and oxygen atoms in total. The van der Waals surface area contributed by atoms with Crippen molar-refractivity contribution in [2.24, 2.45) is 11.8 Å². The van der Waals surface area contributed by atoms with Gasteiger partial charge in [0.25, 0.3) is 0 Å². The number of ether oxygens (including phenoxy) is 2. The normalized spacial score (nSPS) is 18.5. The summed E-state index contributed by atoms with van der Waals surface area (Å²) in [6.45, 7) is 41.0. The Labute approximate surface area is 488 Å². The fourth-order valence-corrected chi connectivity index (χ4v) is 15.2. The van der Waals surface area contributed by atoms with Crippen LogP contribution in [0.1, 0.15) is 169 Å². The van der Waals surface area contributed by atoms with Gasteiger partial charge in [-0.15, -0.1) is 11.3 Å². The minimum atomic E-state index is -2.15. The van der Waals surface area contributed by atoms with E-state index in [-0.39, 0.29) is 58.5 Å². The monoisotopic (exact) mass is 1170 g/mol. The summed E-state index contributed by atoms with van der Waals surface area (Å²) in [5, 5.41) is 9.24. The van der Waals surface area contributed by atoms with Gasteiger partial charge in [0.05, 0.1) is 24.2 Å². The Morgan fingerprint density at radius 3 is 1.90 bits per heavy atom. The number of nitrogens with zero attached hydrogens (tertiary/aromatic N) is 1. The van der Waals surface area contributed by atoms with Crippen LogP contribution in [0.5, 0.6) is 0 Å². The van der Waals surface area contributed by atoms with Crippen LogP contribution in [0.25, 0.3) is 20.9 Å². The molecule has 1 aliphatic rings. The summed E-state index contributed by atoms with van der Waals surface area (Å²) in [4.78, 5) is 45.3. The molecule has 0 radical (unpaired) electrons. The third-order valence-electron chi connectivity index (χ3n) is 17.8. The van der Waals surface area contributed by atoms with Crippen molar-refractivity contribution >= 4 is 80.8 Å². The second-order valence-corrected chi connectivity index (χ2v) is 43.6. The average molecular weight is 1170 g/mol. The molecule has 1 saturated carbocycles. The Kier molecular flexibility index (Phi) is 21.6. The topological polar surface area (TPSA) is 134 Å². The van der Waals surface area contributed by atoms with Gasteiger partial charge in [-0.25, -0.2) is 4.79 Å². The van der Waals surface area contributed by atoms with E-state index in [0.717, 1.165) is 67.7 Å². The van der Waals surface area contributed by atoms with Crippen molar-refractivity contribution in [1.82, 2.24) is 10.3 Å². The molecule has 2 amide bonds. The van der Waals surface area contributed by atoms with Gasteiger partial charge in [0.15, 0.2) is 25.0 Å². The minimum absolute atomic E-state index is 0.00735. The van der Waals surface area contributed by atoms with Crippen molar-refractivity contribution in [3.8, 4) is 0 Å². The van der Waals surface area contributed by atoms with Gasteiger partial charge in [-0.05, 0) is 171 Å². The standard InChI is InChI=1S/C65H99N3O8SSi3/c1-62(2,3)73-61(71)67-43-53(60(70)68-50-34-33-49-42-66-38-37-47(49)39-50)46-31-29-45(30-32-46)44-72-59(69)28-22-20-19-21-26-51-52(56(76-80(17,18)65(10,11)12)41-55(51)75-79(15,16)64(7,8)9)35-36-54(74-78(13,14)63(4,5)6)58-40-48-25-23-24-27-57(48)77-58/h23-25,27,29-34,37-40,42,51-56H,19-22,26,28,35-36,41,43-44H2,1-18H3,(H,67,71)(H,68,70)/t51-,52-,53?,54?,55+,56-/m1/s1. The van der Waals surface area contributed by atoms with Crippen LogP contribution in [0.2, 0.25) is 54.4 Å². The van der Waals surface area contributed by atoms with Crippen LogP contribution in [0.15, 0.2) is 91.3 Å². The third kappa shape index (κ3) is 17.9. The van der Waals surface area contributed by atoms with Gasteiger partial charge in [0.2, 0.25) is 5.91 Å². The number of carbonyl (C=O) groups is 3. The molecule has 2 heterocycles. The maximum absolute atomic E-state index is 13.9. The summed E-state index contributed by atoms with van der Waals surface area (Å²) >= 11 is 1.89. The lowest BCUT2D eigenvalue weighted by atomic mass is 9.84. The van der Waals surface area contributed by atoms with Crippen LogP contribution < -0.4 is 10.6 Å². The van der Waals surface area contributed by atoms with Gasteiger partial charge >= 0.3 is 12.1 Å². The first-order valence-corrected chi connectivity index (χ1v) is 39.0. The van der Waals surface area contributed by atoms with Gasteiger partial charge in [-0.1, -0.05) is 130 Å². The van der Waals surface area contributed by atoms with E-state index >= 15 is 0 Å². The number of nitrogens with one attached hydrogen (secondary N) is 2. The van der Waals surface area contributed by atoms with Gasteiger partial charge in [-0.2, -0.15) is 0 Å². The summed E-state index contributed by atoms with van der Waals surface area (Å²) in [5.41, 5.74) is 1.45. The fraction of sp³-hybridized carbons (Fsp3) is 0.600. The molecule has 2 aromatic heterocycles. The van der Waals surface area contributed by atoms with Crippen molar-refractivity contribution in [1.29, 1.82) is 0 Å². The molecule has 3 aromatic carbocycles. The number of aromatic nitrogens is 1. The SMILES string of the molecule is CC(C)(C)OC(=O)NCC(C(=O)Nc1ccc2cnccc2c1)c1ccc(COC(=O)CCCCCC[C@@H]2[C@@H](CCC(O[Si](C)(C)C(C)(C)C)c3cc4ccccc4s3)[C@H](O[Si](C)(C)C(C)(C)C)C[C@@H]2O[Si](C)(C)C(C)(C)C)cc1. The Bertz CT molecular complexity index is 2810. The highest BCUT2D eigenvalue weighted by atomic mass is 32.1. The number of amides is 2. The first-order valence-electron chi connectivity index (χ1n) is 29.5. The molecule has 80 heavy (non-hydrogen) atoms. The molecular formula is C65H99N3O8SSi3. The number of thiophene rings is 1. The number of benzene rings is 3. The summed E-state index contributed by atoms with van der Waals surface area (Å²) in [7, 11) is -6.42. The van der Waals surface area contributed by atoms with Crippen LogP contribution in [-0.4, -0.2) is 72.3 Å². The molecule has 0 aliphatic heterocycles. The number of unbranched alkanes of at least 4 members (excludes halogenated alkanes) is 3. The first-order chi connectivity index (χ1) is 37.1. The Morgan fingerprint density at radius 1 is 0.675 bits per heavy atom. The molecule has 0 bridgehead atoms. The highest BCUT2D eigenvalue weighted by molar-refractivity contribution is 7.19. The highest BCUT2D eigenvalue weighted by Gasteiger charge is 2.51. The highest BCUT2D eigenvalue weighted by Crippen LogP contribution is 2.51. The second kappa shape index (κ2) is 26.6. The molecule has 15 heteroatoms. The maximum Gasteiger partial charge on any atom is 0.407 e. The van der Waals surface area contributed by atoms with Gasteiger partial charge in [0.1, 0.15) is 12.2 Å². The lowest BCUT2D eigenvalue weighted by molar-refractivity contribution is -0.145. The number of anilines is 1. The molecule has 6 atom stereocenters. The number of alkyl carbamates (subject to hydrolysis) is 1. The maximum atomic E-state index is 13.9. The third-order valence-corrected chi connectivity index (χ3v) is 32.5. The van der Waals surface area contributed by atoms with Crippen LogP contribution in [0, 0.1) is 11.8 Å². The quantitative estimate of drug-likeness (QED) is 0.0352. The molecule has 440 valence electrons. The fourth-order valence-electron chi connectivity index (χ4n) is 9.94. The summed E-state index contributed by atoms with van der Waals surface area (Å²) in [6.07, 6.45) is 11.2. The van der Waals surface area contributed by atoms with Crippen molar-refractivity contribution in [3.63, 3.8) is 0 Å². The smallest absolute Gasteiger partial charge is 0.407 e. The molecule has 0 saturated heterocycles. The largest absolute Gasteiger partial charge is 0.461 e. The summed E-state index contributed by atoms with van der Waals surface area (Å²) < 4.78 is 35.1. The number of hydrogen-bond acceptors (Lipinski definition) is 10. The zero-order valence-corrected chi connectivity index (χ0v) is 55.8. The van der Waals surface area contributed by atoms with E-state index in [1.165, 1.54) is 15.0 Å². The lowest BCUT2D eigenvalue weighted by Crippen LogP contribution is -2.45. The molecule has 2 N–H and O–H groups in total. The number of pyridine rings is 1. The molecule has 0 spiro atoms. The van der Waals surface area contributed by atoms with E-state index in [9.17, 15) is 14.4 Å². The van der Waals surface area contributed by atoms with Crippen LogP contribution in [0.3, 0.4) is 0 Å². The van der Waals surface area contributed by atoms with Crippen molar-refractivity contribution in [2.75, 3.05) is 11.9 Å². The van der Waals surface area contributed by atoms with Gasteiger partial charge in [0, 0.05) is 46.0 Å². The van der Waals surface area contributed by atoms with Gasteiger partial charge < -0.3 is 33.4 Å². The van der Waals surface area contributed by atoms with Gasteiger partial charge in [-0.3, -0.25) is 14.6 Å². The predicted octanol–water partition coefficient (Wildman–Crippen LogP) is 18.0. The number of esters is 1. The lowest BCUT2D eigenvalue weighted by Gasteiger charge is -2.41. The average Bonchev–Trinajstić information content (AvgIpc) is 3.92. The van der Waals surface area contributed by atoms with Crippen molar-refractivity contribution in [2.45, 2.75) is 232 Å². The summed E-state index contributed by atoms with van der Waals surface area (Å²) in [5.74, 6) is -0.559. The van der Waals surface area contributed by atoms with Crippen LogP contribution in [0.4, 0.5) is 10.5 Å². The Morgan fingerprint density at radius 2 is 1.29 bits per heavy atom. The Hall–Kier alpha value is -4.23. The summed E-state index contributed by atoms with van der Waals surface area (Å²) in [6, 6.07) is 26.1. The molecule has 1 fully saturated rings. The number of fused-ring (bicyclic) bond motifs is 2. The second-order valence-electron chi connectivity index (χ2n) is 28.2. The molecule has 6 rings (SSSR count). The number of rotatable bonds is 24. The Balaban J connectivity index is 1.10. The molecule has 1 aliphatic carbocycles. The predicted molar refractivity (Wildman–Crippen MR) is 339 cm³/mol. The molecule has 5 aromatic rings. The van der Waals surface area contributed by atoms with Crippen LogP contribution >= 0.6 is 11.3 Å². The van der Waals surface area contributed by atoms with E-state index in [2.05, 4.69) is 148 Å². The zero-order valence-electron chi connectivity index (χ0n) is 52.0. The van der Waals surface area contributed by atoms with E-state index in [1.807, 2.05) is 59.9 Å². The van der Waals surface area contributed by atoms with E-state index in [1.54, 1.807) is 33.2 Å². The zero-order chi connectivity index (χ0) is 59.1. The molecular weight excluding hydrogens is 1070 g/mol. The van der Waals surface area contributed by atoms with Crippen molar-refractivity contribution < 1.29 is 37.1 Å². The van der Waals surface area contributed by atoms with Crippen molar-refractivity contribution in [3.05, 3.63) is 107 Å².